The number of piperidine rings is 1. The highest BCUT2D eigenvalue weighted by Gasteiger charge is 2.45. The number of halogens is 7. The Hall–Kier alpha value is -5.45. The van der Waals surface area contributed by atoms with Crippen molar-refractivity contribution in [1.82, 2.24) is 29.0 Å². The molecule has 1 spiro atoms. The normalized spacial score (nSPS) is 15.8. The summed E-state index contributed by atoms with van der Waals surface area (Å²) in [5, 5.41) is 16.8. The zero-order valence-electron chi connectivity index (χ0n) is 27.4. The number of nitrogens with one attached hydrogen (secondary N) is 1. The lowest BCUT2D eigenvalue weighted by Crippen LogP contribution is -2.50. The van der Waals surface area contributed by atoms with Crippen LogP contribution in [0.4, 0.5) is 32.0 Å². The highest BCUT2D eigenvalue weighted by molar-refractivity contribution is 6.33. The van der Waals surface area contributed by atoms with Crippen LogP contribution in [0, 0.1) is 0 Å². The van der Waals surface area contributed by atoms with Crippen LogP contribution in [0.1, 0.15) is 58.6 Å². The van der Waals surface area contributed by atoms with E-state index < -0.39 is 52.8 Å². The molecule has 0 radical (unpaired) electrons. The number of pyridine rings is 1. The molecule has 1 saturated heterocycles. The third-order valence-electron chi connectivity index (χ3n) is 9.79. The van der Waals surface area contributed by atoms with Gasteiger partial charge in [-0.3, -0.25) is 14.4 Å². The molecule has 0 atom stereocenters. The van der Waals surface area contributed by atoms with Crippen molar-refractivity contribution in [2.45, 2.75) is 56.4 Å². The largest absolute Gasteiger partial charge is 0.505 e. The van der Waals surface area contributed by atoms with Crippen LogP contribution in [-0.2, 0) is 35.5 Å². The maximum absolute atomic E-state index is 14.4. The van der Waals surface area contributed by atoms with Gasteiger partial charge in [-0.2, -0.15) is 35.8 Å². The molecule has 1 aliphatic carbocycles. The molecule has 3 aromatic heterocycles. The van der Waals surface area contributed by atoms with Gasteiger partial charge in [-0.1, -0.05) is 23.7 Å². The molecule has 0 bridgehead atoms. The Kier molecular flexibility index (Phi) is 8.95. The number of hydrogen-bond acceptors (Lipinski definition) is 7. The highest BCUT2D eigenvalue weighted by atomic mass is 35.5. The molecule has 11 nitrogen and oxygen atoms in total. The number of anilines is 1. The summed E-state index contributed by atoms with van der Waals surface area (Å²) in [4.78, 5) is 51.3. The van der Waals surface area contributed by atoms with Gasteiger partial charge in [-0.25, -0.2) is 4.98 Å². The lowest BCUT2D eigenvalue weighted by atomic mass is 9.66. The van der Waals surface area contributed by atoms with Gasteiger partial charge in [0.15, 0.2) is 11.5 Å². The second-order valence-electron chi connectivity index (χ2n) is 13.0. The number of amides is 2. The van der Waals surface area contributed by atoms with Crippen LogP contribution in [-0.4, -0.2) is 59.1 Å². The molecular weight excluding hydrogens is 732 g/mol. The number of benzene rings is 2. The average molecular weight is 760 g/mol. The van der Waals surface area contributed by atoms with Crippen LogP contribution in [0.5, 0.6) is 5.75 Å². The summed E-state index contributed by atoms with van der Waals surface area (Å²) in [6.07, 6.45) is -5.70. The number of rotatable bonds is 5. The fraction of sp³-hybridized carbons (Fsp3) is 0.314. The molecule has 4 heterocycles. The van der Waals surface area contributed by atoms with E-state index in [0.29, 0.717) is 49.4 Å². The number of aromatic hydroxyl groups is 1. The minimum atomic E-state index is -4.66. The van der Waals surface area contributed by atoms with Crippen LogP contribution in [0.3, 0.4) is 0 Å². The number of aromatic nitrogens is 5. The SMILES string of the molecule is O=C(Cn1c2c(c(=O)n3nc(-c4ccc(C(F)(F)F)cc4)nc13)C1(CCC2)CCN(C(=O)c2ncccc2O)CC1)Nc1ccc(C(F)(F)F)cc1Cl. The fourth-order valence-corrected chi connectivity index (χ4v) is 7.41. The first-order chi connectivity index (χ1) is 25.1. The molecule has 53 heavy (non-hydrogen) atoms. The molecule has 2 aliphatic rings. The molecule has 1 aliphatic heterocycles. The van der Waals surface area contributed by atoms with Crippen LogP contribution >= 0.6 is 11.6 Å². The standard InChI is InChI=1S/C35H28ClF6N7O4/c36-22-17-21(35(40,41)42)9-10-23(22)44-26(51)18-48-24-3-1-11-33(12-15-47(16-13-33)31(53)28-25(50)4-2-14-43-28)27(24)30(52)49-32(48)45-29(46-49)19-5-7-20(8-6-19)34(37,38)39/h2,4-10,14,17,50H,1,3,11-13,15-16,18H2,(H,44,51). The molecule has 7 rings (SSSR count). The van der Waals surface area contributed by atoms with E-state index >= 15 is 0 Å². The molecule has 0 saturated carbocycles. The van der Waals surface area contributed by atoms with E-state index in [4.69, 9.17) is 11.6 Å². The molecule has 2 amide bonds. The van der Waals surface area contributed by atoms with E-state index in [1.54, 1.807) is 0 Å². The number of carbonyl (C=O) groups is 2. The first-order valence-electron chi connectivity index (χ1n) is 16.4. The molecule has 0 unspecified atom stereocenters. The predicted octanol–water partition coefficient (Wildman–Crippen LogP) is 6.50. The number of hydrogen-bond donors (Lipinski definition) is 2. The monoisotopic (exact) mass is 759 g/mol. The number of likely N-dealkylation sites (tertiary alicyclic amines) is 1. The molecule has 2 aromatic carbocycles. The van der Waals surface area contributed by atoms with Crippen molar-refractivity contribution in [2.75, 3.05) is 18.4 Å². The van der Waals surface area contributed by atoms with Gasteiger partial charge in [0.05, 0.1) is 21.8 Å². The Morgan fingerprint density at radius 3 is 2.26 bits per heavy atom. The molecular formula is C35H28ClF6N7O4. The summed E-state index contributed by atoms with van der Waals surface area (Å²) in [5.41, 5.74) is -2.41. The summed E-state index contributed by atoms with van der Waals surface area (Å²) in [7, 11) is 0. The van der Waals surface area contributed by atoms with Crippen LogP contribution in [0.25, 0.3) is 17.2 Å². The Balaban J connectivity index is 1.28. The topological polar surface area (TPSA) is 135 Å². The van der Waals surface area contributed by atoms with Gasteiger partial charge in [0.25, 0.3) is 11.5 Å². The third-order valence-corrected chi connectivity index (χ3v) is 10.1. The minimum absolute atomic E-state index is 0.0763. The third kappa shape index (κ3) is 6.69. The lowest BCUT2D eigenvalue weighted by molar-refractivity contribution is -0.138. The van der Waals surface area contributed by atoms with E-state index in [0.717, 1.165) is 28.8 Å². The minimum Gasteiger partial charge on any atom is -0.505 e. The Morgan fingerprint density at radius 1 is 0.943 bits per heavy atom. The van der Waals surface area contributed by atoms with Crippen molar-refractivity contribution in [3.63, 3.8) is 0 Å². The number of nitrogens with zero attached hydrogens (tertiary/aromatic N) is 6. The van der Waals surface area contributed by atoms with E-state index in [1.165, 1.54) is 39.9 Å². The van der Waals surface area contributed by atoms with Gasteiger partial charge >= 0.3 is 12.4 Å². The van der Waals surface area contributed by atoms with Crippen molar-refractivity contribution < 1.29 is 41.0 Å². The van der Waals surface area contributed by atoms with Crippen molar-refractivity contribution >= 4 is 34.9 Å². The van der Waals surface area contributed by atoms with E-state index in [2.05, 4.69) is 20.4 Å². The smallest absolute Gasteiger partial charge is 0.416 e. The second-order valence-corrected chi connectivity index (χ2v) is 13.4. The molecule has 1 fully saturated rings. The molecule has 2 N–H and O–H groups in total. The van der Waals surface area contributed by atoms with Gasteiger partial charge in [0.2, 0.25) is 11.7 Å². The van der Waals surface area contributed by atoms with Crippen molar-refractivity contribution in [3.8, 4) is 17.1 Å². The Bertz CT molecular complexity index is 2310. The zero-order valence-corrected chi connectivity index (χ0v) is 28.2. The maximum atomic E-state index is 14.4. The second kappa shape index (κ2) is 13.2. The van der Waals surface area contributed by atoms with Gasteiger partial charge in [-0.05, 0) is 74.6 Å². The summed E-state index contributed by atoms with van der Waals surface area (Å²) in [6.45, 7) is -0.0477. The van der Waals surface area contributed by atoms with E-state index in [1.807, 2.05) is 0 Å². The van der Waals surface area contributed by atoms with Crippen molar-refractivity contribution in [3.05, 3.63) is 104 Å². The molecule has 5 aromatic rings. The maximum Gasteiger partial charge on any atom is 0.416 e. The Morgan fingerprint density at radius 2 is 1.62 bits per heavy atom. The van der Waals surface area contributed by atoms with Crippen LogP contribution in [0.2, 0.25) is 5.02 Å². The van der Waals surface area contributed by atoms with Gasteiger partial charge < -0.3 is 19.9 Å². The number of fused-ring (bicyclic) bond motifs is 3. The zero-order chi connectivity index (χ0) is 37.9. The van der Waals surface area contributed by atoms with Gasteiger partial charge in [0, 0.05) is 41.5 Å². The summed E-state index contributed by atoms with van der Waals surface area (Å²) in [5.74, 6) is -1.61. The quantitative estimate of drug-likeness (QED) is 0.196. The predicted molar refractivity (Wildman–Crippen MR) is 178 cm³/mol. The van der Waals surface area contributed by atoms with E-state index in [9.17, 15) is 45.8 Å². The van der Waals surface area contributed by atoms with Gasteiger partial charge in [0.1, 0.15) is 12.3 Å². The van der Waals surface area contributed by atoms with Crippen molar-refractivity contribution in [2.24, 2.45) is 0 Å². The van der Waals surface area contributed by atoms with E-state index in [-0.39, 0.29) is 52.4 Å². The highest BCUT2D eigenvalue weighted by Crippen LogP contribution is 2.44. The molecule has 276 valence electrons. The summed E-state index contributed by atoms with van der Waals surface area (Å²) >= 11 is 6.10. The number of carbonyl (C=O) groups excluding carboxylic acids is 2. The first-order valence-corrected chi connectivity index (χ1v) is 16.7. The lowest BCUT2D eigenvalue weighted by Gasteiger charge is -2.45. The average Bonchev–Trinajstić information content (AvgIpc) is 3.57. The first kappa shape index (κ1) is 35.9. The summed E-state index contributed by atoms with van der Waals surface area (Å²) in [6, 6.07) is 9.37. The van der Waals surface area contributed by atoms with Crippen LogP contribution < -0.4 is 10.9 Å². The molecule has 18 heteroatoms. The summed E-state index contributed by atoms with van der Waals surface area (Å²) < 4.78 is 82.0. The van der Waals surface area contributed by atoms with Crippen molar-refractivity contribution in [1.29, 1.82) is 0 Å². The van der Waals surface area contributed by atoms with Gasteiger partial charge in [-0.15, -0.1) is 5.10 Å². The number of alkyl halides is 6. The fourth-order valence-electron chi connectivity index (χ4n) is 7.18. The Labute approximate surface area is 300 Å². The van der Waals surface area contributed by atoms with Crippen LogP contribution in [0.15, 0.2) is 65.6 Å².